The summed E-state index contributed by atoms with van der Waals surface area (Å²) in [5.74, 6) is -3.85. The van der Waals surface area contributed by atoms with E-state index in [9.17, 15) is 24.0 Å². The molecule has 2 aromatic rings. The zero-order chi connectivity index (χ0) is 22.5. The highest BCUT2D eigenvalue weighted by atomic mass is 16.5. The lowest BCUT2D eigenvalue weighted by molar-refractivity contribution is -0.147. The quantitative estimate of drug-likeness (QED) is 0.211. The van der Waals surface area contributed by atoms with Gasteiger partial charge in [0.15, 0.2) is 17.3 Å². The highest BCUT2D eigenvalue weighted by Gasteiger charge is 2.34. The Hall–Kier alpha value is -3.63. The summed E-state index contributed by atoms with van der Waals surface area (Å²) in [6, 6.07) is 6.27. The first-order valence-corrected chi connectivity index (χ1v) is 9.37. The van der Waals surface area contributed by atoms with Gasteiger partial charge in [-0.15, -0.1) is 0 Å². The van der Waals surface area contributed by atoms with Crippen LogP contribution in [0.1, 0.15) is 55.4 Å². The number of carbonyl (C=O) groups is 5. The van der Waals surface area contributed by atoms with Crippen molar-refractivity contribution in [1.82, 2.24) is 0 Å². The molecule has 10 nitrogen and oxygen atoms in total. The minimum absolute atomic E-state index is 0.0247. The first kappa shape index (κ1) is 22.1. The number of aliphatic hydroxyl groups excluding tert-OH is 1. The molecule has 1 unspecified atom stereocenters. The van der Waals surface area contributed by atoms with E-state index in [4.69, 9.17) is 24.7 Å². The van der Waals surface area contributed by atoms with Gasteiger partial charge in [-0.05, 0) is 6.07 Å². The smallest absolute Gasteiger partial charge is 0.325 e. The molecule has 0 spiro atoms. The second kappa shape index (κ2) is 9.45. The SMILES string of the molecule is NC(CO)C(=O)OCCCOC(=O)CC(=O)c1cc2c(o1)C(=O)c1ccccc1C2=O. The van der Waals surface area contributed by atoms with Gasteiger partial charge < -0.3 is 24.7 Å². The zero-order valence-electron chi connectivity index (χ0n) is 16.3. The van der Waals surface area contributed by atoms with Gasteiger partial charge in [-0.1, -0.05) is 24.3 Å². The third-order valence-corrected chi connectivity index (χ3v) is 4.47. The molecule has 1 heterocycles. The van der Waals surface area contributed by atoms with Gasteiger partial charge in [0.05, 0.1) is 25.4 Å². The molecule has 3 rings (SSSR count). The molecule has 10 heteroatoms. The van der Waals surface area contributed by atoms with E-state index in [1.807, 2.05) is 0 Å². The second-order valence-electron chi connectivity index (χ2n) is 6.69. The molecule has 162 valence electrons. The van der Waals surface area contributed by atoms with Gasteiger partial charge >= 0.3 is 11.9 Å². The lowest BCUT2D eigenvalue weighted by atomic mass is 9.88. The van der Waals surface area contributed by atoms with E-state index in [1.54, 1.807) is 12.1 Å². The van der Waals surface area contributed by atoms with Crippen molar-refractivity contribution < 1.29 is 43.0 Å². The fourth-order valence-electron chi connectivity index (χ4n) is 2.88. The van der Waals surface area contributed by atoms with Crippen LogP contribution >= 0.6 is 0 Å². The number of esters is 2. The van der Waals surface area contributed by atoms with Gasteiger partial charge in [0.2, 0.25) is 11.6 Å². The fraction of sp³-hybridized carbons (Fsp3) is 0.286. The summed E-state index contributed by atoms with van der Waals surface area (Å²) in [6.07, 6.45) is -0.489. The van der Waals surface area contributed by atoms with Crippen LogP contribution in [-0.4, -0.2) is 60.3 Å². The molecule has 0 aliphatic heterocycles. The average Bonchev–Trinajstić information content (AvgIpc) is 3.22. The summed E-state index contributed by atoms with van der Waals surface area (Å²) in [7, 11) is 0. The van der Waals surface area contributed by atoms with Crippen LogP contribution in [0, 0.1) is 0 Å². The summed E-state index contributed by atoms with van der Waals surface area (Å²) < 4.78 is 14.9. The molecule has 3 N–H and O–H groups in total. The Morgan fingerprint density at radius 2 is 1.65 bits per heavy atom. The van der Waals surface area contributed by atoms with Crippen molar-refractivity contribution in [3.8, 4) is 0 Å². The second-order valence-corrected chi connectivity index (χ2v) is 6.69. The number of ether oxygens (including phenoxy) is 2. The van der Waals surface area contributed by atoms with Crippen molar-refractivity contribution in [3.63, 3.8) is 0 Å². The molecule has 31 heavy (non-hydrogen) atoms. The number of aliphatic hydroxyl groups is 1. The molecule has 0 amide bonds. The van der Waals surface area contributed by atoms with Gasteiger partial charge in [0, 0.05) is 17.5 Å². The molecular weight excluding hydrogens is 410 g/mol. The van der Waals surface area contributed by atoms with E-state index < -0.39 is 48.4 Å². The van der Waals surface area contributed by atoms with Crippen molar-refractivity contribution in [1.29, 1.82) is 0 Å². The number of fused-ring (bicyclic) bond motifs is 2. The van der Waals surface area contributed by atoms with Gasteiger partial charge in [-0.3, -0.25) is 24.0 Å². The van der Waals surface area contributed by atoms with Crippen LogP contribution < -0.4 is 5.73 Å². The maximum atomic E-state index is 12.6. The molecule has 1 aromatic carbocycles. The topological polar surface area (TPSA) is 163 Å². The molecule has 0 fully saturated rings. The van der Waals surface area contributed by atoms with Crippen LogP contribution in [0.25, 0.3) is 0 Å². The Bertz CT molecular complexity index is 1000. The largest absolute Gasteiger partial charge is 0.465 e. The lowest BCUT2D eigenvalue weighted by Gasteiger charge is -2.11. The van der Waals surface area contributed by atoms with Crippen molar-refractivity contribution in [2.75, 3.05) is 19.8 Å². The molecule has 1 aliphatic carbocycles. The number of rotatable bonds is 9. The van der Waals surface area contributed by atoms with Gasteiger partial charge in [0.25, 0.3) is 0 Å². The number of furan rings is 1. The minimum Gasteiger partial charge on any atom is -0.465 e. The molecule has 0 saturated carbocycles. The lowest BCUT2D eigenvalue weighted by Crippen LogP contribution is -2.35. The van der Waals surface area contributed by atoms with Crippen LogP contribution in [0.2, 0.25) is 0 Å². The first-order valence-electron chi connectivity index (χ1n) is 9.37. The van der Waals surface area contributed by atoms with Gasteiger partial charge in [-0.2, -0.15) is 0 Å². The van der Waals surface area contributed by atoms with Crippen LogP contribution in [-0.2, 0) is 19.1 Å². The fourth-order valence-corrected chi connectivity index (χ4v) is 2.88. The highest BCUT2D eigenvalue weighted by Crippen LogP contribution is 2.30. The van der Waals surface area contributed by atoms with Crippen LogP contribution in [0.5, 0.6) is 0 Å². The van der Waals surface area contributed by atoms with E-state index in [-0.39, 0.29) is 47.8 Å². The zero-order valence-corrected chi connectivity index (χ0v) is 16.3. The molecule has 0 radical (unpaired) electrons. The molecule has 1 aromatic heterocycles. The maximum absolute atomic E-state index is 12.6. The van der Waals surface area contributed by atoms with Crippen LogP contribution in [0.3, 0.4) is 0 Å². The number of ketones is 3. The summed E-state index contributed by atoms with van der Waals surface area (Å²) in [5, 5.41) is 8.71. The number of hydrogen-bond donors (Lipinski definition) is 2. The molecule has 0 saturated heterocycles. The summed E-state index contributed by atoms with van der Waals surface area (Å²) in [5.41, 5.74) is 5.66. The predicted octanol–water partition coefficient (Wildman–Crippen LogP) is 0.424. The van der Waals surface area contributed by atoms with E-state index in [0.717, 1.165) is 6.07 Å². The molecular formula is C21H19NO9. The normalized spacial score (nSPS) is 13.2. The Labute approximate surface area is 175 Å². The van der Waals surface area contributed by atoms with Crippen molar-refractivity contribution in [2.45, 2.75) is 18.9 Å². The van der Waals surface area contributed by atoms with Crippen molar-refractivity contribution in [3.05, 3.63) is 58.5 Å². The number of carbonyl (C=O) groups excluding carboxylic acids is 5. The number of Topliss-reactive ketones (excluding diaryl/α,β-unsaturated/α-hetero) is 1. The van der Waals surface area contributed by atoms with Gasteiger partial charge in [-0.25, -0.2) is 0 Å². The Morgan fingerprint density at radius 1 is 1.00 bits per heavy atom. The van der Waals surface area contributed by atoms with E-state index in [2.05, 4.69) is 0 Å². The Balaban J connectivity index is 1.53. The highest BCUT2D eigenvalue weighted by molar-refractivity contribution is 6.28. The van der Waals surface area contributed by atoms with Crippen molar-refractivity contribution in [2.24, 2.45) is 5.73 Å². The first-order chi connectivity index (χ1) is 14.8. The van der Waals surface area contributed by atoms with Crippen LogP contribution in [0.4, 0.5) is 0 Å². The standard InChI is InChI=1S/C21H19NO9/c22-14(10-23)21(28)30-7-3-6-29-17(25)9-15(24)16-8-13-18(26)11-4-1-2-5-12(11)19(27)20(13)31-16/h1-2,4-5,8,14,23H,3,6-7,9-10,22H2. The van der Waals surface area contributed by atoms with E-state index in [1.165, 1.54) is 12.1 Å². The maximum Gasteiger partial charge on any atom is 0.325 e. The monoisotopic (exact) mass is 429 g/mol. The third kappa shape index (κ3) is 4.76. The van der Waals surface area contributed by atoms with Gasteiger partial charge in [0.1, 0.15) is 12.5 Å². The van der Waals surface area contributed by atoms with Crippen molar-refractivity contribution >= 4 is 29.3 Å². The minimum atomic E-state index is -1.13. The average molecular weight is 429 g/mol. The summed E-state index contributed by atoms with van der Waals surface area (Å²) >= 11 is 0. The Morgan fingerprint density at radius 3 is 2.32 bits per heavy atom. The molecule has 1 aliphatic rings. The molecule has 1 atom stereocenters. The third-order valence-electron chi connectivity index (χ3n) is 4.47. The van der Waals surface area contributed by atoms with E-state index >= 15 is 0 Å². The van der Waals surface area contributed by atoms with E-state index in [0.29, 0.717) is 0 Å². The number of nitrogens with two attached hydrogens (primary N) is 1. The molecule has 0 bridgehead atoms. The summed E-state index contributed by atoms with van der Waals surface area (Å²) in [4.78, 5) is 60.5. The Kier molecular flexibility index (Phi) is 6.73. The number of benzene rings is 1. The summed E-state index contributed by atoms with van der Waals surface area (Å²) in [6.45, 7) is -0.743. The van der Waals surface area contributed by atoms with Crippen LogP contribution in [0.15, 0.2) is 34.7 Å². The number of hydrogen-bond acceptors (Lipinski definition) is 10. The predicted molar refractivity (Wildman–Crippen MR) is 103 cm³/mol.